The minimum atomic E-state index is -4.91. The molecule has 1 N–H and O–H groups in total. The SMILES string of the molecule is O=S(=O)(Nc1ccnc(OC(F)(F)F)c1)c1ccc(Cl)s1. The highest BCUT2D eigenvalue weighted by Crippen LogP contribution is 2.28. The molecule has 0 amide bonds. The predicted octanol–water partition coefficient (Wildman–Crippen LogP) is 3.50. The van der Waals surface area contributed by atoms with Crippen molar-refractivity contribution in [2.24, 2.45) is 0 Å². The lowest BCUT2D eigenvalue weighted by Crippen LogP contribution is -2.18. The highest BCUT2D eigenvalue weighted by Gasteiger charge is 2.32. The lowest BCUT2D eigenvalue weighted by molar-refractivity contribution is -0.276. The maximum absolute atomic E-state index is 12.1. The van der Waals surface area contributed by atoms with Crippen molar-refractivity contribution < 1.29 is 26.3 Å². The summed E-state index contributed by atoms with van der Waals surface area (Å²) in [5, 5.41) is 0. The molecule has 114 valence electrons. The Bertz CT molecular complexity index is 746. The molecule has 0 aliphatic heterocycles. The number of sulfonamides is 1. The van der Waals surface area contributed by atoms with Gasteiger partial charge in [0.1, 0.15) is 4.21 Å². The average molecular weight is 359 g/mol. The summed E-state index contributed by atoms with van der Waals surface area (Å²) in [6.07, 6.45) is -3.92. The van der Waals surface area contributed by atoms with Gasteiger partial charge >= 0.3 is 6.36 Å². The fourth-order valence-corrected chi connectivity index (χ4v) is 3.83. The summed E-state index contributed by atoms with van der Waals surface area (Å²) in [5.74, 6) is -0.771. The van der Waals surface area contributed by atoms with Gasteiger partial charge in [0.25, 0.3) is 10.0 Å². The molecule has 2 rings (SSSR count). The quantitative estimate of drug-likeness (QED) is 0.908. The Morgan fingerprint density at radius 2 is 2.00 bits per heavy atom. The molecule has 0 saturated carbocycles. The van der Waals surface area contributed by atoms with Crippen molar-refractivity contribution >= 4 is 38.6 Å². The fourth-order valence-electron chi connectivity index (χ4n) is 1.29. The number of nitrogens with one attached hydrogen (secondary N) is 1. The number of hydrogen-bond donors (Lipinski definition) is 1. The Balaban J connectivity index is 2.22. The second kappa shape index (κ2) is 5.70. The van der Waals surface area contributed by atoms with E-state index >= 15 is 0 Å². The van der Waals surface area contributed by atoms with E-state index in [1.165, 1.54) is 18.2 Å². The molecule has 5 nitrogen and oxygen atoms in total. The van der Waals surface area contributed by atoms with Crippen LogP contribution in [0, 0.1) is 0 Å². The van der Waals surface area contributed by atoms with Crippen molar-refractivity contribution in [2.75, 3.05) is 4.72 Å². The molecule has 2 aromatic rings. The van der Waals surface area contributed by atoms with Gasteiger partial charge in [0.2, 0.25) is 5.88 Å². The Kier molecular flexibility index (Phi) is 4.30. The van der Waals surface area contributed by atoms with E-state index in [0.717, 1.165) is 23.6 Å². The number of anilines is 1. The molecule has 21 heavy (non-hydrogen) atoms. The molecule has 0 aromatic carbocycles. The normalized spacial score (nSPS) is 12.2. The van der Waals surface area contributed by atoms with Crippen LogP contribution in [0.25, 0.3) is 0 Å². The third-order valence-corrected chi connectivity index (χ3v) is 5.13. The van der Waals surface area contributed by atoms with Gasteiger partial charge in [0.05, 0.1) is 10.0 Å². The molecule has 0 aliphatic carbocycles. The molecule has 0 aliphatic rings. The molecule has 0 unspecified atom stereocenters. The molecule has 0 spiro atoms. The van der Waals surface area contributed by atoms with Crippen molar-refractivity contribution in [1.82, 2.24) is 4.98 Å². The number of hydrogen-bond acceptors (Lipinski definition) is 5. The fraction of sp³-hybridized carbons (Fsp3) is 0.100. The van der Waals surface area contributed by atoms with Gasteiger partial charge in [-0.15, -0.1) is 24.5 Å². The highest BCUT2D eigenvalue weighted by molar-refractivity contribution is 7.94. The van der Waals surface area contributed by atoms with Crippen LogP contribution in [-0.4, -0.2) is 19.8 Å². The number of nitrogens with zero attached hydrogens (tertiary/aromatic N) is 1. The van der Waals surface area contributed by atoms with Gasteiger partial charge in [-0.2, -0.15) is 0 Å². The minimum absolute atomic E-state index is 0.0670. The number of halogens is 4. The lowest BCUT2D eigenvalue weighted by Gasteiger charge is -2.10. The van der Waals surface area contributed by atoms with Gasteiger partial charge in [-0.3, -0.25) is 4.72 Å². The standard InChI is InChI=1S/C10H6ClF3N2O3S2/c11-7-1-2-9(20-7)21(17,18)16-6-3-4-15-8(5-6)19-10(12,13)14/h1-5H,(H,15,16). The summed E-state index contributed by atoms with van der Waals surface area (Å²) in [7, 11) is -3.93. The Hall–Kier alpha value is -1.52. The van der Waals surface area contributed by atoms with Crippen LogP contribution in [0.3, 0.4) is 0 Å². The van der Waals surface area contributed by atoms with Crippen molar-refractivity contribution in [3.05, 3.63) is 34.8 Å². The Morgan fingerprint density at radius 1 is 1.29 bits per heavy atom. The summed E-state index contributed by atoms with van der Waals surface area (Å²) in [4.78, 5) is 3.34. The average Bonchev–Trinajstić information content (AvgIpc) is 2.74. The van der Waals surface area contributed by atoms with Crippen LogP contribution in [0.1, 0.15) is 0 Å². The number of pyridine rings is 1. The Morgan fingerprint density at radius 3 is 2.57 bits per heavy atom. The largest absolute Gasteiger partial charge is 0.574 e. The van der Waals surface area contributed by atoms with E-state index in [1.807, 2.05) is 0 Å². The molecule has 2 aromatic heterocycles. The third kappa shape index (κ3) is 4.48. The predicted molar refractivity (Wildman–Crippen MR) is 71.1 cm³/mol. The second-order valence-electron chi connectivity index (χ2n) is 3.59. The first kappa shape index (κ1) is 15.9. The van der Waals surface area contributed by atoms with Crippen LogP contribution in [0.15, 0.2) is 34.7 Å². The van der Waals surface area contributed by atoms with Gasteiger partial charge < -0.3 is 4.74 Å². The van der Waals surface area contributed by atoms with Crippen molar-refractivity contribution in [1.29, 1.82) is 0 Å². The molecule has 0 bridgehead atoms. The third-order valence-electron chi connectivity index (χ3n) is 2.02. The molecule has 0 radical (unpaired) electrons. The molecule has 0 saturated heterocycles. The first-order valence-corrected chi connectivity index (χ1v) is 7.83. The first-order chi connectivity index (χ1) is 9.66. The topological polar surface area (TPSA) is 68.3 Å². The number of alkyl halides is 3. The monoisotopic (exact) mass is 358 g/mol. The van der Waals surface area contributed by atoms with Crippen molar-refractivity contribution in [3.8, 4) is 5.88 Å². The lowest BCUT2D eigenvalue weighted by atomic mass is 10.4. The zero-order valence-electron chi connectivity index (χ0n) is 9.89. The molecule has 11 heteroatoms. The number of ether oxygens (including phenoxy) is 1. The molecular formula is C10H6ClF3N2O3S2. The minimum Gasteiger partial charge on any atom is -0.388 e. The summed E-state index contributed by atoms with van der Waals surface area (Å²) in [6.45, 7) is 0. The van der Waals surface area contributed by atoms with E-state index in [2.05, 4.69) is 14.4 Å². The van der Waals surface area contributed by atoms with Crippen LogP contribution in [0.2, 0.25) is 4.34 Å². The van der Waals surface area contributed by atoms with E-state index in [1.54, 1.807) is 0 Å². The number of thiophene rings is 1. The number of aromatic nitrogens is 1. The van der Waals surface area contributed by atoms with Crippen LogP contribution in [0.4, 0.5) is 18.9 Å². The summed E-state index contributed by atoms with van der Waals surface area (Å²) in [6, 6.07) is 4.69. The van der Waals surface area contributed by atoms with E-state index in [-0.39, 0.29) is 14.2 Å². The maximum atomic E-state index is 12.1. The van der Waals surface area contributed by atoms with Crippen LogP contribution < -0.4 is 9.46 Å². The summed E-state index contributed by atoms with van der Waals surface area (Å²) < 4.78 is 66.0. The second-order valence-corrected chi connectivity index (χ2v) is 7.22. The van der Waals surface area contributed by atoms with Crippen LogP contribution in [0.5, 0.6) is 5.88 Å². The van der Waals surface area contributed by atoms with Gasteiger partial charge in [0.15, 0.2) is 0 Å². The van der Waals surface area contributed by atoms with Gasteiger partial charge in [-0.25, -0.2) is 13.4 Å². The Labute approximate surface area is 126 Å². The van der Waals surface area contributed by atoms with Crippen LogP contribution >= 0.6 is 22.9 Å². The van der Waals surface area contributed by atoms with E-state index in [0.29, 0.717) is 0 Å². The van der Waals surface area contributed by atoms with Crippen molar-refractivity contribution in [3.63, 3.8) is 0 Å². The van der Waals surface area contributed by atoms with Gasteiger partial charge in [0, 0.05) is 12.3 Å². The van der Waals surface area contributed by atoms with E-state index in [4.69, 9.17) is 11.6 Å². The van der Waals surface area contributed by atoms with Gasteiger partial charge in [-0.05, 0) is 18.2 Å². The zero-order valence-corrected chi connectivity index (χ0v) is 12.3. The van der Waals surface area contributed by atoms with E-state index < -0.39 is 22.3 Å². The summed E-state index contributed by atoms with van der Waals surface area (Å²) >= 11 is 6.45. The molecule has 0 atom stereocenters. The smallest absolute Gasteiger partial charge is 0.388 e. The molecule has 0 fully saturated rings. The number of rotatable bonds is 4. The highest BCUT2D eigenvalue weighted by atomic mass is 35.5. The summed E-state index contributed by atoms with van der Waals surface area (Å²) in [5.41, 5.74) is -0.117. The van der Waals surface area contributed by atoms with E-state index in [9.17, 15) is 21.6 Å². The zero-order chi connectivity index (χ0) is 15.7. The maximum Gasteiger partial charge on any atom is 0.574 e. The van der Waals surface area contributed by atoms with Crippen LogP contribution in [-0.2, 0) is 10.0 Å². The first-order valence-electron chi connectivity index (χ1n) is 5.16. The molecular weight excluding hydrogens is 353 g/mol. The molecule has 2 heterocycles. The van der Waals surface area contributed by atoms with Crippen molar-refractivity contribution in [2.45, 2.75) is 10.6 Å². The van der Waals surface area contributed by atoms with Gasteiger partial charge in [-0.1, -0.05) is 11.6 Å².